The number of benzene rings is 1. The predicted molar refractivity (Wildman–Crippen MR) is 74.2 cm³/mol. The van der Waals surface area contributed by atoms with E-state index in [9.17, 15) is 19.7 Å². The Balaban J connectivity index is 2.22. The fraction of sp³-hybridized carbons (Fsp3) is 0.385. The first kappa shape index (κ1) is 14.8. The Morgan fingerprint density at radius 2 is 1.95 bits per heavy atom. The molecule has 0 spiro atoms. The zero-order valence-electron chi connectivity index (χ0n) is 11.2. The first-order valence-corrected chi connectivity index (χ1v) is 6.46. The summed E-state index contributed by atoms with van der Waals surface area (Å²) in [6.07, 6.45) is 1.17. The van der Waals surface area contributed by atoms with Crippen molar-refractivity contribution in [2.45, 2.75) is 12.8 Å². The number of nitro benzene ring substituents is 1. The molecule has 8 nitrogen and oxygen atoms in total. The van der Waals surface area contributed by atoms with Crippen molar-refractivity contribution in [3.05, 3.63) is 33.9 Å². The van der Waals surface area contributed by atoms with Crippen LogP contribution in [0.5, 0.6) is 0 Å². The fourth-order valence-corrected chi connectivity index (χ4v) is 2.47. The van der Waals surface area contributed by atoms with Gasteiger partial charge in [-0.05, 0) is 25.0 Å². The van der Waals surface area contributed by atoms with E-state index in [-0.39, 0.29) is 17.4 Å². The number of rotatable bonds is 4. The van der Waals surface area contributed by atoms with Crippen molar-refractivity contribution >= 4 is 23.3 Å². The van der Waals surface area contributed by atoms with E-state index in [0.29, 0.717) is 31.6 Å². The summed E-state index contributed by atoms with van der Waals surface area (Å²) in [5.41, 5.74) is 5.06. The van der Waals surface area contributed by atoms with Gasteiger partial charge in [0.2, 0.25) is 5.91 Å². The quantitative estimate of drug-likeness (QED) is 0.629. The van der Waals surface area contributed by atoms with Crippen molar-refractivity contribution in [3.63, 3.8) is 0 Å². The van der Waals surface area contributed by atoms with E-state index in [4.69, 9.17) is 10.8 Å². The van der Waals surface area contributed by atoms with Gasteiger partial charge in [0.05, 0.1) is 4.92 Å². The third kappa shape index (κ3) is 3.10. The maximum atomic E-state index is 11.1. The maximum absolute atomic E-state index is 11.1. The highest BCUT2D eigenvalue weighted by molar-refractivity contribution is 5.93. The number of piperidine rings is 1. The first-order chi connectivity index (χ1) is 9.90. The third-order valence-electron chi connectivity index (χ3n) is 3.67. The number of primary amides is 1. The lowest BCUT2D eigenvalue weighted by atomic mass is 9.96. The molecule has 112 valence electrons. The van der Waals surface area contributed by atoms with Gasteiger partial charge < -0.3 is 15.7 Å². The largest absolute Gasteiger partial charge is 0.477 e. The lowest BCUT2D eigenvalue weighted by molar-refractivity contribution is -0.385. The molecule has 1 aromatic carbocycles. The van der Waals surface area contributed by atoms with Crippen LogP contribution in [-0.4, -0.2) is 35.0 Å². The second-order valence-electron chi connectivity index (χ2n) is 4.93. The minimum atomic E-state index is -1.33. The van der Waals surface area contributed by atoms with E-state index in [1.165, 1.54) is 12.1 Å². The topological polar surface area (TPSA) is 127 Å². The van der Waals surface area contributed by atoms with Crippen LogP contribution in [0.2, 0.25) is 0 Å². The molecule has 0 saturated carbocycles. The van der Waals surface area contributed by atoms with Crippen molar-refractivity contribution in [1.82, 2.24) is 0 Å². The Morgan fingerprint density at radius 3 is 2.43 bits per heavy atom. The second-order valence-corrected chi connectivity index (χ2v) is 4.93. The number of anilines is 1. The van der Waals surface area contributed by atoms with Gasteiger partial charge in [0.15, 0.2) is 0 Å². The molecule has 1 aromatic rings. The number of carboxylic acids is 1. The number of carbonyl (C=O) groups excluding carboxylic acids is 1. The number of nitrogens with two attached hydrogens (primary N) is 1. The Bertz CT molecular complexity index is 593. The average molecular weight is 293 g/mol. The smallest absolute Gasteiger partial charge is 0.342 e. The highest BCUT2D eigenvalue weighted by atomic mass is 16.6. The molecule has 1 heterocycles. The summed E-state index contributed by atoms with van der Waals surface area (Å²) >= 11 is 0. The molecule has 0 radical (unpaired) electrons. The predicted octanol–water partition coefficient (Wildman–Crippen LogP) is 0.995. The van der Waals surface area contributed by atoms with Gasteiger partial charge in [-0.3, -0.25) is 14.9 Å². The van der Waals surface area contributed by atoms with Gasteiger partial charge in [-0.2, -0.15) is 0 Å². The summed E-state index contributed by atoms with van der Waals surface area (Å²) in [5.74, 6) is -1.84. The number of hydrogen-bond donors (Lipinski definition) is 2. The normalized spacial score (nSPS) is 15.7. The van der Waals surface area contributed by atoms with E-state index < -0.39 is 16.6 Å². The van der Waals surface area contributed by atoms with Gasteiger partial charge in [0.1, 0.15) is 5.56 Å². The van der Waals surface area contributed by atoms with Crippen molar-refractivity contribution in [1.29, 1.82) is 0 Å². The van der Waals surface area contributed by atoms with Crippen LogP contribution < -0.4 is 10.6 Å². The Kier molecular flexibility index (Phi) is 4.06. The van der Waals surface area contributed by atoms with Crippen LogP contribution >= 0.6 is 0 Å². The highest BCUT2D eigenvalue weighted by Crippen LogP contribution is 2.28. The molecule has 0 unspecified atom stereocenters. The number of nitro groups is 1. The van der Waals surface area contributed by atoms with E-state index in [1.54, 1.807) is 6.07 Å². The Morgan fingerprint density at radius 1 is 1.33 bits per heavy atom. The van der Waals surface area contributed by atoms with Gasteiger partial charge in [0, 0.05) is 30.8 Å². The molecule has 8 heteroatoms. The van der Waals surface area contributed by atoms with E-state index in [2.05, 4.69) is 0 Å². The molecule has 21 heavy (non-hydrogen) atoms. The van der Waals surface area contributed by atoms with Gasteiger partial charge >= 0.3 is 5.97 Å². The van der Waals surface area contributed by atoms with Gasteiger partial charge in [-0.15, -0.1) is 0 Å². The summed E-state index contributed by atoms with van der Waals surface area (Å²) in [5, 5.41) is 19.9. The maximum Gasteiger partial charge on any atom is 0.342 e. The monoisotopic (exact) mass is 293 g/mol. The lowest BCUT2D eigenvalue weighted by Crippen LogP contribution is -2.38. The molecule has 1 aliphatic heterocycles. The molecule has 3 N–H and O–H groups in total. The van der Waals surface area contributed by atoms with E-state index in [1.807, 2.05) is 4.90 Å². The zero-order valence-corrected chi connectivity index (χ0v) is 11.2. The lowest BCUT2D eigenvalue weighted by Gasteiger charge is -2.32. The van der Waals surface area contributed by atoms with Crippen molar-refractivity contribution < 1.29 is 19.6 Å². The number of hydrogen-bond acceptors (Lipinski definition) is 5. The molecule has 1 aliphatic rings. The third-order valence-corrected chi connectivity index (χ3v) is 3.67. The van der Waals surface area contributed by atoms with Gasteiger partial charge in [-0.25, -0.2) is 4.79 Å². The fourth-order valence-electron chi connectivity index (χ4n) is 2.47. The van der Waals surface area contributed by atoms with Crippen LogP contribution in [-0.2, 0) is 4.79 Å². The summed E-state index contributed by atoms with van der Waals surface area (Å²) in [4.78, 5) is 34.2. The standard InChI is InChI=1S/C13H15N3O5/c14-12(17)8-3-5-15(6-4-8)9-1-2-10(13(18)19)11(7-9)16(20)21/h1-2,7-8H,3-6H2,(H2,14,17)(H,18,19). The van der Waals surface area contributed by atoms with Crippen molar-refractivity contribution in [2.75, 3.05) is 18.0 Å². The molecule has 1 amide bonds. The molecule has 0 bridgehead atoms. The minimum absolute atomic E-state index is 0.172. The summed E-state index contributed by atoms with van der Waals surface area (Å²) in [6, 6.07) is 4.03. The second kappa shape index (κ2) is 5.78. The Labute approximate surface area is 120 Å². The van der Waals surface area contributed by atoms with Gasteiger partial charge in [0.25, 0.3) is 5.69 Å². The minimum Gasteiger partial charge on any atom is -0.477 e. The van der Waals surface area contributed by atoms with Crippen LogP contribution in [0.4, 0.5) is 11.4 Å². The number of amides is 1. The molecular formula is C13H15N3O5. The summed E-state index contributed by atoms with van der Waals surface area (Å²) in [7, 11) is 0. The summed E-state index contributed by atoms with van der Waals surface area (Å²) in [6.45, 7) is 1.11. The van der Waals surface area contributed by atoms with Gasteiger partial charge in [-0.1, -0.05) is 0 Å². The van der Waals surface area contributed by atoms with Crippen LogP contribution in [0.1, 0.15) is 23.2 Å². The van der Waals surface area contributed by atoms with E-state index in [0.717, 1.165) is 0 Å². The average Bonchev–Trinajstić information content (AvgIpc) is 2.46. The first-order valence-electron chi connectivity index (χ1n) is 6.46. The van der Waals surface area contributed by atoms with Crippen LogP contribution in [0.25, 0.3) is 0 Å². The summed E-state index contributed by atoms with van der Waals surface area (Å²) < 4.78 is 0. The zero-order chi connectivity index (χ0) is 15.6. The molecular weight excluding hydrogens is 278 g/mol. The molecule has 1 saturated heterocycles. The number of aromatic carboxylic acids is 1. The number of nitrogens with zero attached hydrogens (tertiary/aromatic N) is 2. The molecule has 0 atom stereocenters. The highest BCUT2D eigenvalue weighted by Gasteiger charge is 2.26. The van der Waals surface area contributed by atoms with Crippen LogP contribution in [0.3, 0.4) is 0 Å². The molecule has 2 rings (SSSR count). The van der Waals surface area contributed by atoms with Crippen LogP contribution in [0.15, 0.2) is 18.2 Å². The number of carbonyl (C=O) groups is 2. The SMILES string of the molecule is NC(=O)C1CCN(c2ccc(C(=O)O)c([N+](=O)[O-])c2)CC1. The van der Waals surface area contributed by atoms with Crippen molar-refractivity contribution in [3.8, 4) is 0 Å². The Hall–Kier alpha value is -2.64. The molecule has 0 aromatic heterocycles. The molecule has 0 aliphatic carbocycles. The van der Waals surface area contributed by atoms with E-state index >= 15 is 0 Å². The van der Waals surface area contributed by atoms with Crippen LogP contribution in [0, 0.1) is 16.0 Å². The number of carboxylic acid groups (broad SMARTS) is 1. The van der Waals surface area contributed by atoms with Crippen molar-refractivity contribution in [2.24, 2.45) is 11.7 Å². The molecule has 1 fully saturated rings.